The van der Waals surface area contributed by atoms with E-state index >= 15 is 0 Å². The predicted octanol–water partition coefficient (Wildman–Crippen LogP) is 1.45. The van der Waals surface area contributed by atoms with Gasteiger partial charge in [-0.05, 0) is 37.4 Å². The van der Waals surface area contributed by atoms with Crippen LogP contribution in [0.5, 0.6) is 0 Å². The van der Waals surface area contributed by atoms with Crippen LogP contribution < -0.4 is 16.1 Å². The van der Waals surface area contributed by atoms with Crippen molar-refractivity contribution in [3.63, 3.8) is 0 Å². The molecule has 1 aromatic carbocycles. The molecule has 1 aromatic heterocycles. The average Bonchev–Trinajstić information content (AvgIpc) is 2.72. The number of carbonyl (C=O) groups excluding carboxylic acids is 1. The zero-order valence-electron chi connectivity index (χ0n) is 10.5. The molecule has 3 rings (SSSR count). The van der Waals surface area contributed by atoms with Crippen LogP contribution >= 0.6 is 12.2 Å². The molecule has 6 heteroatoms. The van der Waals surface area contributed by atoms with E-state index in [1.807, 2.05) is 13.0 Å². The van der Waals surface area contributed by atoms with Gasteiger partial charge in [0, 0.05) is 0 Å². The Kier molecular flexibility index (Phi) is 2.87. The van der Waals surface area contributed by atoms with E-state index in [4.69, 9.17) is 16.6 Å². The van der Waals surface area contributed by atoms with Gasteiger partial charge < -0.3 is 9.73 Å². The van der Waals surface area contributed by atoms with E-state index in [0.29, 0.717) is 16.5 Å². The Morgan fingerprint density at radius 3 is 2.75 bits per heavy atom. The van der Waals surface area contributed by atoms with Gasteiger partial charge >= 0.3 is 0 Å². The molecule has 0 bridgehead atoms. The maximum atomic E-state index is 12.4. The van der Waals surface area contributed by atoms with Crippen LogP contribution in [0.25, 0.3) is 17.0 Å². The first kappa shape index (κ1) is 12.6. The molecule has 1 fully saturated rings. The Balaban J connectivity index is 2.16. The minimum Gasteiger partial charge on any atom is -0.463 e. The number of nitrogens with one attached hydrogen (secondary N) is 2. The Hall–Kier alpha value is -2.47. The molecule has 0 radical (unpaired) electrons. The van der Waals surface area contributed by atoms with Crippen LogP contribution in [0.3, 0.4) is 0 Å². The van der Waals surface area contributed by atoms with Crippen molar-refractivity contribution in [1.29, 1.82) is 0 Å². The van der Waals surface area contributed by atoms with E-state index in [1.165, 1.54) is 12.3 Å². The summed E-state index contributed by atoms with van der Waals surface area (Å²) >= 11 is 4.83. The summed E-state index contributed by atoms with van der Waals surface area (Å²) in [5.41, 5.74) is 1.82. The molecular weight excluding hydrogens is 276 g/mol. The van der Waals surface area contributed by atoms with Gasteiger partial charge in [0.2, 0.25) is 0 Å². The van der Waals surface area contributed by atoms with Crippen LogP contribution in [0, 0.1) is 6.92 Å². The summed E-state index contributed by atoms with van der Waals surface area (Å²) < 4.78 is 5.41. The van der Waals surface area contributed by atoms with E-state index in [-0.39, 0.29) is 22.1 Å². The molecule has 1 saturated heterocycles. The molecule has 2 aromatic rings. The molecule has 0 aliphatic carbocycles. The molecule has 0 saturated carbocycles. The molecule has 100 valence electrons. The normalized spacial score (nSPS) is 16.6. The van der Waals surface area contributed by atoms with E-state index in [0.717, 1.165) is 5.56 Å². The van der Waals surface area contributed by atoms with Crippen LogP contribution in [0.2, 0.25) is 0 Å². The van der Waals surface area contributed by atoms with Crippen LogP contribution in [0.1, 0.15) is 11.1 Å². The Bertz CT molecular complexity index is 836. The minimum absolute atomic E-state index is 0.185. The highest BCUT2D eigenvalue weighted by Gasteiger charge is 2.20. The number of benzene rings is 1. The quantitative estimate of drug-likeness (QED) is 0.613. The first-order chi connectivity index (χ1) is 9.54. The van der Waals surface area contributed by atoms with Gasteiger partial charge in [-0.1, -0.05) is 11.6 Å². The lowest BCUT2D eigenvalue weighted by atomic mass is 10.1. The summed E-state index contributed by atoms with van der Waals surface area (Å²) in [7, 11) is 0. The van der Waals surface area contributed by atoms with Crippen molar-refractivity contribution >= 4 is 40.3 Å². The average molecular weight is 286 g/mol. The molecule has 0 atom stereocenters. The Morgan fingerprint density at radius 2 is 2.05 bits per heavy atom. The topological polar surface area (TPSA) is 71.3 Å². The highest BCUT2D eigenvalue weighted by atomic mass is 32.1. The lowest BCUT2D eigenvalue weighted by Crippen LogP contribution is -2.21. The standard InChI is InChI=1S/C14H10N2O3S/c1-7-2-3-11-9(4-7)12(17)8(6-19-11)5-10-13(18)16-14(20)15-10/h2-6H,1H3,(H2,15,16,18,20)/b10-5-. The molecule has 1 aliphatic heterocycles. The Labute approximate surface area is 119 Å². The van der Waals surface area contributed by atoms with E-state index in [9.17, 15) is 9.59 Å². The fourth-order valence-electron chi connectivity index (χ4n) is 2.00. The molecular formula is C14H10N2O3S. The lowest BCUT2D eigenvalue weighted by molar-refractivity contribution is -0.115. The lowest BCUT2D eigenvalue weighted by Gasteiger charge is -2.00. The van der Waals surface area contributed by atoms with Crippen molar-refractivity contribution in [2.45, 2.75) is 6.92 Å². The molecule has 2 N–H and O–H groups in total. The van der Waals surface area contributed by atoms with E-state index in [1.54, 1.807) is 12.1 Å². The first-order valence-electron chi connectivity index (χ1n) is 5.91. The van der Waals surface area contributed by atoms with Crippen molar-refractivity contribution in [3.05, 3.63) is 51.5 Å². The molecule has 1 amide bonds. The van der Waals surface area contributed by atoms with Crippen molar-refractivity contribution < 1.29 is 9.21 Å². The number of thiocarbonyl (C=S) groups is 1. The fraction of sp³-hybridized carbons (Fsp3) is 0.0714. The molecule has 1 aliphatic rings. The maximum Gasteiger partial charge on any atom is 0.273 e. The van der Waals surface area contributed by atoms with Crippen molar-refractivity contribution in [1.82, 2.24) is 10.6 Å². The number of rotatable bonds is 1. The van der Waals surface area contributed by atoms with Gasteiger partial charge in [-0.25, -0.2) is 0 Å². The van der Waals surface area contributed by atoms with Crippen molar-refractivity contribution in [2.75, 3.05) is 0 Å². The second-order valence-corrected chi connectivity index (χ2v) is 4.89. The third-order valence-electron chi connectivity index (χ3n) is 2.97. The second-order valence-electron chi connectivity index (χ2n) is 4.49. The Morgan fingerprint density at radius 1 is 1.25 bits per heavy atom. The van der Waals surface area contributed by atoms with Gasteiger partial charge in [0.05, 0.1) is 10.9 Å². The summed E-state index contributed by atoms with van der Waals surface area (Å²) in [6, 6.07) is 5.38. The summed E-state index contributed by atoms with van der Waals surface area (Å²) in [5.74, 6) is -0.362. The van der Waals surface area contributed by atoms with Gasteiger partial charge in [0.1, 0.15) is 17.5 Å². The molecule has 2 heterocycles. The van der Waals surface area contributed by atoms with Gasteiger partial charge in [-0.2, -0.15) is 0 Å². The van der Waals surface area contributed by atoms with Crippen LogP contribution in [0.15, 0.2) is 39.4 Å². The third-order valence-corrected chi connectivity index (χ3v) is 3.18. The molecule has 0 spiro atoms. The van der Waals surface area contributed by atoms with E-state index in [2.05, 4.69) is 10.6 Å². The highest BCUT2D eigenvalue weighted by molar-refractivity contribution is 7.80. The molecule has 0 unspecified atom stereocenters. The predicted molar refractivity (Wildman–Crippen MR) is 79.1 cm³/mol. The van der Waals surface area contributed by atoms with Crippen LogP contribution in [-0.4, -0.2) is 11.0 Å². The van der Waals surface area contributed by atoms with Gasteiger partial charge in [-0.15, -0.1) is 0 Å². The summed E-state index contributed by atoms with van der Waals surface area (Å²) in [6.07, 6.45) is 2.77. The fourth-order valence-corrected chi connectivity index (χ4v) is 2.20. The number of hydrogen-bond acceptors (Lipinski definition) is 4. The number of fused-ring (bicyclic) bond motifs is 1. The third kappa shape index (κ3) is 2.10. The zero-order chi connectivity index (χ0) is 14.3. The van der Waals surface area contributed by atoms with Crippen molar-refractivity contribution in [3.8, 4) is 0 Å². The summed E-state index contributed by atoms with van der Waals surface area (Å²) in [4.78, 5) is 23.9. The second kappa shape index (κ2) is 4.57. The number of carbonyl (C=O) groups is 1. The zero-order valence-corrected chi connectivity index (χ0v) is 11.3. The molecule has 20 heavy (non-hydrogen) atoms. The van der Waals surface area contributed by atoms with Gasteiger partial charge in [0.25, 0.3) is 5.91 Å². The molecule has 5 nitrogen and oxygen atoms in total. The number of amides is 1. The van der Waals surface area contributed by atoms with E-state index < -0.39 is 0 Å². The number of hydrogen-bond donors (Lipinski definition) is 2. The van der Waals surface area contributed by atoms with Crippen LogP contribution in [0.4, 0.5) is 0 Å². The monoisotopic (exact) mass is 286 g/mol. The first-order valence-corrected chi connectivity index (χ1v) is 6.31. The van der Waals surface area contributed by atoms with Gasteiger partial charge in [-0.3, -0.25) is 14.9 Å². The summed E-state index contributed by atoms with van der Waals surface area (Å²) in [5, 5.41) is 5.83. The van der Waals surface area contributed by atoms with Gasteiger partial charge in [0.15, 0.2) is 10.5 Å². The maximum absolute atomic E-state index is 12.4. The highest BCUT2D eigenvalue weighted by Crippen LogP contribution is 2.14. The van der Waals surface area contributed by atoms with Crippen molar-refractivity contribution in [2.24, 2.45) is 0 Å². The largest absolute Gasteiger partial charge is 0.463 e. The van der Waals surface area contributed by atoms with Crippen LogP contribution in [-0.2, 0) is 4.79 Å². The minimum atomic E-state index is -0.362. The smallest absolute Gasteiger partial charge is 0.273 e. The summed E-state index contributed by atoms with van der Waals surface area (Å²) in [6.45, 7) is 1.90. The number of aryl methyl sites for hydroxylation is 1. The SMILES string of the molecule is Cc1ccc2occ(/C=C3\NC(=S)NC3=O)c(=O)c2c1.